The van der Waals surface area contributed by atoms with Gasteiger partial charge in [0.25, 0.3) is 0 Å². The van der Waals surface area contributed by atoms with Gasteiger partial charge in [-0.1, -0.05) is 70.6 Å². The average molecular weight is 322 g/mol. The van der Waals surface area contributed by atoms with Crippen LogP contribution in [-0.2, 0) is 9.53 Å². The van der Waals surface area contributed by atoms with Crippen molar-refractivity contribution in [3.63, 3.8) is 0 Å². The molecule has 0 aliphatic rings. The number of carbonyl (C=O) groups excluding carboxylic acids is 1. The Hall–Kier alpha value is -0.280. The van der Waals surface area contributed by atoms with E-state index in [1.807, 2.05) is 0 Å². The summed E-state index contributed by atoms with van der Waals surface area (Å²) in [6.45, 7) is 0.847. The van der Waals surface area contributed by atoms with E-state index in [-0.39, 0.29) is 18.4 Å². The highest BCUT2D eigenvalue weighted by atomic mass is 35.5. The second-order valence-corrected chi connectivity index (χ2v) is 5.71. The molecule has 128 valence electrons. The maximum absolute atomic E-state index is 10.9. The molecule has 2 N–H and O–H groups in total. The van der Waals surface area contributed by atoms with Crippen LogP contribution in [0, 0.1) is 0 Å². The van der Waals surface area contributed by atoms with E-state index < -0.39 is 0 Å². The lowest BCUT2D eigenvalue weighted by molar-refractivity contribution is -0.140. The third-order valence-corrected chi connectivity index (χ3v) is 3.81. The van der Waals surface area contributed by atoms with Gasteiger partial charge in [0.15, 0.2) is 0 Å². The maximum Gasteiger partial charge on any atom is 0.305 e. The number of hydrogen-bond donors (Lipinski definition) is 1. The molecule has 0 radical (unpaired) electrons. The normalized spacial score (nSPS) is 10.2. The Morgan fingerprint density at radius 1 is 0.714 bits per heavy atom. The number of rotatable bonds is 15. The minimum atomic E-state index is -0.0727. The summed E-state index contributed by atoms with van der Waals surface area (Å²) in [5.74, 6) is -0.0727. The molecule has 0 aromatic carbocycles. The summed E-state index contributed by atoms with van der Waals surface area (Å²) >= 11 is 0. The van der Waals surface area contributed by atoms with E-state index in [9.17, 15) is 4.79 Å². The van der Waals surface area contributed by atoms with Gasteiger partial charge in [-0.3, -0.25) is 4.79 Å². The number of carbonyl (C=O) groups is 1. The first kappa shape index (κ1) is 23.0. The number of methoxy groups -OCH3 is 1. The highest BCUT2D eigenvalue weighted by molar-refractivity contribution is 5.85. The molecule has 0 amide bonds. The quantitative estimate of drug-likeness (QED) is 0.341. The Labute approximate surface area is 137 Å². The second-order valence-electron chi connectivity index (χ2n) is 5.71. The molecule has 0 heterocycles. The molecule has 0 atom stereocenters. The van der Waals surface area contributed by atoms with Crippen LogP contribution in [0.15, 0.2) is 0 Å². The molecular formula is C17H36ClNO2. The largest absolute Gasteiger partial charge is 0.469 e. The van der Waals surface area contributed by atoms with Crippen molar-refractivity contribution < 1.29 is 9.53 Å². The van der Waals surface area contributed by atoms with E-state index in [4.69, 9.17) is 5.73 Å². The molecular weight excluding hydrogens is 286 g/mol. The Bertz CT molecular complexity index is 213. The van der Waals surface area contributed by atoms with Crippen molar-refractivity contribution in [2.75, 3.05) is 13.7 Å². The van der Waals surface area contributed by atoms with Crippen LogP contribution in [0.1, 0.15) is 89.9 Å². The maximum atomic E-state index is 10.9. The van der Waals surface area contributed by atoms with Crippen LogP contribution in [-0.4, -0.2) is 19.6 Å². The monoisotopic (exact) mass is 321 g/mol. The SMILES string of the molecule is COC(=O)CCCCCCCCCCCCCCCN.Cl. The van der Waals surface area contributed by atoms with Gasteiger partial charge < -0.3 is 10.5 Å². The zero-order valence-corrected chi connectivity index (χ0v) is 14.7. The van der Waals surface area contributed by atoms with Crippen molar-refractivity contribution >= 4 is 18.4 Å². The van der Waals surface area contributed by atoms with Crippen molar-refractivity contribution in [2.45, 2.75) is 89.9 Å². The van der Waals surface area contributed by atoms with Gasteiger partial charge in [0.2, 0.25) is 0 Å². The topological polar surface area (TPSA) is 52.3 Å². The average Bonchev–Trinajstić information content (AvgIpc) is 2.47. The molecule has 0 spiro atoms. The van der Waals surface area contributed by atoms with Gasteiger partial charge in [-0.15, -0.1) is 12.4 Å². The summed E-state index contributed by atoms with van der Waals surface area (Å²) in [6.07, 6.45) is 17.4. The number of hydrogen-bond acceptors (Lipinski definition) is 3. The minimum absolute atomic E-state index is 0. The predicted octanol–water partition coefficient (Wildman–Crippen LogP) is 5.00. The molecule has 0 rings (SSSR count). The van der Waals surface area contributed by atoms with Crippen molar-refractivity contribution in [1.29, 1.82) is 0 Å². The predicted molar refractivity (Wildman–Crippen MR) is 93.0 cm³/mol. The van der Waals surface area contributed by atoms with Gasteiger partial charge in [0.1, 0.15) is 0 Å². The summed E-state index contributed by atoms with van der Waals surface area (Å²) in [6, 6.07) is 0. The van der Waals surface area contributed by atoms with E-state index in [1.165, 1.54) is 77.7 Å². The number of unbranched alkanes of at least 4 members (excludes halogenated alkanes) is 12. The Kier molecular flexibility index (Phi) is 21.6. The Morgan fingerprint density at radius 3 is 1.38 bits per heavy atom. The van der Waals surface area contributed by atoms with Gasteiger partial charge in [-0.2, -0.15) is 0 Å². The number of nitrogens with two attached hydrogens (primary N) is 1. The van der Waals surface area contributed by atoms with Crippen LogP contribution < -0.4 is 5.73 Å². The number of esters is 1. The third-order valence-electron chi connectivity index (χ3n) is 3.81. The summed E-state index contributed by atoms with van der Waals surface area (Å²) < 4.78 is 4.62. The molecule has 3 nitrogen and oxygen atoms in total. The molecule has 0 aliphatic carbocycles. The van der Waals surface area contributed by atoms with Crippen molar-refractivity contribution in [3.8, 4) is 0 Å². The number of halogens is 1. The molecule has 4 heteroatoms. The van der Waals surface area contributed by atoms with Gasteiger partial charge in [0.05, 0.1) is 7.11 Å². The molecule has 0 saturated heterocycles. The van der Waals surface area contributed by atoms with Crippen LogP contribution in [0.4, 0.5) is 0 Å². The van der Waals surface area contributed by atoms with Gasteiger partial charge >= 0.3 is 5.97 Å². The van der Waals surface area contributed by atoms with E-state index in [0.717, 1.165) is 19.4 Å². The summed E-state index contributed by atoms with van der Waals surface area (Å²) in [4.78, 5) is 10.9. The van der Waals surface area contributed by atoms with Crippen LogP contribution >= 0.6 is 12.4 Å². The van der Waals surface area contributed by atoms with E-state index in [0.29, 0.717) is 6.42 Å². The fourth-order valence-corrected chi connectivity index (χ4v) is 2.46. The highest BCUT2D eigenvalue weighted by Crippen LogP contribution is 2.12. The summed E-state index contributed by atoms with van der Waals surface area (Å²) in [5, 5.41) is 0. The third kappa shape index (κ3) is 19.7. The van der Waals surface area contributed by atoms with Crippen LogP contribution in [0.25, 0.3) is 0 Å². The van der Waals surface area contributed by atoms with Crippen LogP contribution in [0.5, 0.6) is 0 Å². The molecule has 0 saturated carbocycles. The summed E-state index contributed by atoms with van der Waals surface area (Å²) in [5.41, 5.74) is 5.47. The van der Waals surface area contributed by atoms with Crippen molar-refractivity contribution in [3.05, 3.63) is 0 Å². The smallest absolute Gasteiger partial charge is 0.305 e. The van der Waals surface area contributed by atoms with Crippen molar-refractivity contribution in [1.82, 2.24) is 0 Å². The molecule has 0 bridgehead atoms. The molecule has 0 fully saturated rings. The first-order chi connectivity index (χ1) is 9.81. The number of ether oxygens (including phenoxy) is 1. The van der Waals surface area contributed by atoms with Gasteiger partial charge in [0, 0.05) is 6.42 Å². The Morgan fingerprint density at radius 2 is 1.05 bits per heavy atom. The molecule has 21 heavy (non-hydrogen) atoms. The lowest BCUT2D eigenvalue weighted by Crippen LogP contribution is -1.99. The zero-order valence-electron chi connectivity index (χ0n) is 13.9. The molecule has 0 aliphatic heterocycles. The lowest BCUT2D eigenvalue weighted by atomic mass is 10.0. The first-order valence-electron chi connectivity index (χ1n) is 8.58. The second kappa shape index (κ2) is 19.7. The Balaban J connectivity index is 0. The van der Waals surface area contributed by atoms with Gasteiger partial charge in [-0.25, -0.2) is 0 Å². The first-order valence-corrected chi connectivity index (χ1v) is 8.58. The van der Waals surface area contributed by atoms with Crippen LogP contribution in [0.3, 0.4) is 0 Å². The minimum Gasteiger partial charge on any atom is -0.469 e. The molecule has 0 aromatic rings. The fraction of sp³-hybridized carbons (Fsp3) is 0.941. The fourth-order valence-electron chi connectivity index (χ4n) is 2.46. The highest BCUT2D eigenvalue weighted by Gasteiger charge is 1.99. The van der Waals surface area contributed by atoms with Crippen molar-refractivity contribution in [2.24, 2.45) is 5.73 Å². The standard InChI is InChI=1S/C17H35NO2.ClH/c1-20-17(19)15-13-11-9-7-5-3-2-4-6-8-10-12-14-16-18;/h2-16,18H2,1H3;1H. The molecule has 0 unspecified atom stereocenters. The van der Waals surface area contributed by atoms with E-state index >= 15 is 0 Å². The lowest BCUT2D eigenvalue weighted by Gasteiger charge is -2.03. The van der Waals surface area contributed by atoms with E-state index in [2.05, 4.69) is 4.74 Å². The zero-order chi connectivity index (χ0) is 14.9. The van der Waals surface area contributed by atoms with E-state index in [1.54, 1.807) is 0 Å². The molecule has 0 aromatic heterocycles. The van der Waals surface area contributed by atoms with Crippen LogP contribution in [0.2, 0.25) is 0 Å². The van der Waals surface area contributed by atoms with Gasteiger partial charge in [-0.05, 0) is 19.4 Å². The summed E-state index contributed by atoms with van der Waals surface area (Å²) in [7, 11) is 1.46.